The zero-order chi connectivity index (χ0) is 26.8. The molecule has 0 aliphatic heterocycles. The highest BCUT2D eigenvalue weighted by Gasteiger charge is 2.20. The molecule has 0 spiro atoms. The van der Waals surface area contributed by atoms with Crippen LogP contribution in [-0.4, -0.2) is 20.4 Å². The Bertz CT molecular complexity index is 1730. The van der Waals surface area contributed by atoms with Gasteiger partial charge in [0.1, 0.15) is 16.8 Å². The number of ketones is 1. The number of benzene rings is 3. The molecule has 0 aliphatic rings. The van der Waals surface area contributed by atoms with Gasteiger partial charge in [-0.15, -0.1) is 22.7 Å². The predicted molar refractivity (Wildman–Crippen MR) is 162 cm³/mol. The number of hydrogen-bond acceptors (Lipinski definition) is 7. The fourth-order valence-electron chi connectivity index (χ4n) is 4.56. The van der Waals surface area contributed by atoms with Crippen molar-refractivity contribution in [1.82, 2.24) is 8.75 Å². The summed E-state index contributed by atoms with van der Waals surface area (Å²) in [6.07, 6.45) is 0.739. The number of nitrogens with zero attached hydrogens (tertiary/aromatic N) is 3. The summed E-state index contributed by atoms with van der Waals surface area (Å²) in [6, 6.07) is 31.8. The van der Waals surface area contributed by atoms with E-state index < -0.39 is 0 Å². The molecule has 0 atom stereocenters. The number of Topliss-reactive ketones (excluding diaryl/α,β-unsaturated/α-hetero) is 1. The number of amides is 1. The Morgan fingerprint density at radius 3 is 1.62 bits per heavy atom. The van der Waals surface area contributed by atoms with Crippen molar-refractivity contribution in [3.63, 3.8) is 0 Å². The van der Waals surface area contributed by atoms with E-state index in [1.54, 1.807) is 34.5 Å². The molecule has 6 rings (SSSR count). The van der Waals surface area contributed by atoms with E-state index in [4.69, 9.17) is 0 Å². The van der Waals surface area contributed by atoms with E-state index >= 15 is 0 Å². The number of rotatable bonds is 8. The summed E-state index contributed by atoms with van der Waals surface area (Å²) in [5, 5.41) is 0. The molecule has 3 aromatic carbocycles. The van der Waals surface area contributed by atoms with Crippen molar-refractivity contribution in [2.45, 2.75) is 19.8 Å². The summed E-state index contributed by atoms with van der Waals surface area (Å²) in [6.45, 7) is 1.61. The highest BCUT2D eigenvalue weighted by Crippen LogP contribution is 2.39. The van der Waals surface area contributed by atoms with E-state index in [0.29, 0.717) is 12.8 Å². The first kappa shape index (κ1) is 25.3. The molecule has 0 radical (unpaired) electrons. The Hall–Kier alpha value is -3.98. The number of aromatic nitrogens is 2. The standard InChI is InChI=1S/C31H23N3O2S3/c1-20(35)18-23-12-16-27(37-23)25-14-15-26(31-30(25)32-39-33-31)28-17-13-24(38-28)19-29(36)34(21-8-4-2-5-9-21)22-10-6-3-7-11-22/h2-17H,18-19H2,1H3. The van der Waals surface area contributed by atoms with Crippen LogP contribution < -0.4 is 4.90 Å². The van der Waals surface area contributed by atoms with Gasteiger partial charge in [-0.25, -0.2) is 0 Å². The molecule has 8 heteroatoms. The van der Waals surface area contributed by atoms with Crippen molar-refractivity contribution >= 4 is 68.5 Å². The number of hydrogen-bond donors (Lipinski definition) is 0. The maximum absolute atomic E-state index is 13.6. The lowest BCUT2D eigenvalue weighted by molar-refractivity contribution is -0.117. The van der Waals surface area contributed by atoms with Gasteiger partial charge in [-0.2, -0.15) is 8.75 Å². The Labute approximate surface area is 238 Å². The Morgan fingerprint density at radius 2 is 1.13 bits per heavy atom. The molecular formula is C31H23N3O2S3. The second kappa shape index (κ2) is 11.0. The first-order valence-electron chi connectivity index (χ1n) is 12.4. The Balaban J connectivity index is 1.28. The average Bonchev–Trinajstić information content (AvgIpc) is 3.71. The van der Waals surface area contributed by atoms with Crippen molar-refractivity contribution in [2.24, 2.45) is 0 Å². The van der Waals surface area contributed by atoms with Crippen molar-refractivity contribution < 1.29 is 9.59 Å². The summed E-state index contributed by atoms with van der Waals surface area (Å²) in [7, 11) is 0. The second-order valence-electron chi connectivity index (χ2n) is 9.11. The second-order valence-corrected chi connectivity index (χ2v) is 12.0. The summed E-state index contributed by atoms with van der Waals surface area (Å²) >= 11 is 4.43. The maximum atomic E-state index is 13.6. The van der Waals surface area contributed by atoms with Gasteiger partial charge in [0.25, 0.3) is 0 Å². The SMILES string of the molecule is CC(=O)Cc1ccc(-c2ccc(-c3ccc(CC(=O)N(c4ccccc4)c4ccccc4)s3)c3nsnc23)s1. The molecule has 39 heavy (non-hydrogen) atoms. The zero-order valence-corrected chi connectivity index (χ0v) is 23.5. The third kappa shape index (κ3) is 5.31. The van der Waals surface area contributed by atoms with E-state index in [2.05, 4.69) is 33.0 Å². The summed E-state index contributed by atoms with van der Waals surface area (Å²) in [4.78, 5) is 31.1. The number of thiophene rings is 2. The topological polar surface area (TPSA) is 63.2 Å². The number of anilines is 2. The van der Waals surface area contributed by atoms with Crippen LogP contribution in [0.4, 0.5) is 11.4 Å². The van der Waals surface area contributed by atoms with Crippen LogP contribution in [-0.2, 0) is 22.4 Å². The van der Waals surface area contributed by atoms with Crippen LogP contribution in [0, 0.1) is 0 Å². The number of carbonyl (C=O) groups is 2. The van der Waals surface area contributed by atoms with Gasteiger partial charge >= 0.3 is 0 Å². The molecule has 1 amide bonds. The number of fused-ring (bicyclic) bond motifs is 1. The van der Waals surface area contributed by atoms with Gasteiger partial charge in [0.2, 0.25) is 5.91 Å². The van der Waals surface area contributed by atoms with Crippen LogP contribution in [0.1, 0.15) is 16.7 Å². The number of carbonyl (C=O) groups excluding carboxylic acids is 2. The lowest BCUT2D eigenvalue weighted by Crippen LogP contribution is -2.27. The molecule has 0 saturated carbocycles. The first-order valence-corrected chi connectivity index (χ1v) is 14.8. The molecule has 6 aromatic rings. The predicted octanol–water partition coefficient (Wildman–Crippen LogP) is 8.19. The minimum atomic E-state index is 0.00989. The molecule has 3 heterocycles. The van der Waals surface area contributed by atoms with Gasteiger partial charge in [0.05, 0.1) is 18.1 Å². The number of para-hydroxylation sites is 2. The van der Waals surface area contributed by atoms with Crippen LogP contribution in [0.2, 0.25) is 0 Å². The van der Waals surface area contributed by atoms with E-state index in [1.807, 2.05) is 72.8 Å². The van der Waals surface area contributed by atoms with Crippen LogP contribution in [0.25, 0.3) is 31.9 Å². The summed E-state index contributed by atoms with van der Waals surface area (Å²) < 4.78 is 9.24. The fourth-order valence-corrected chi connectivity index (χ4v) is 7.27. The van der Waals surface area contributed by atoms with E-state index in [-0.39, 0.29) is 11.7 Å². The van der Waals surface area contributed by atoms with E-state index in [1.165, 1.54) is 11.7 Å². The molecule has 5 nitrogen and oxygen atoms in total. The minimum Gasteiger partial charge on any atom is -0.300 e. The lowest BCUT2D eigenvalue weighted by atomic mass is 10.1. The van der Waals surface area contributed by atoms with E-state index in [0.717, 1.165) is 53.0 Å². The van der Waals surface area contributed by atoms with Crippen molar-refractivity contribution in [3.8, 4) is 20.9 Å². The molecule has 0 unspecified atom stereocenters. The third-order valence-electron chi connectivity index (χ3n) is 6.30. The molecule has 0 bridgehead atoms. The Morgan fingerprint density at radius 1 is 0.641 bits per heavy atom. The van der Waals surface area contributed by atoms with Crippen molar-refractivity contribution in [1.29, 1.82) is 0 Å². The molecule has 3 aromatic heterocycles. The molecular weight excluding hydrogens is 543 g/mol. The Kier molecular flexibility index (Phi) is 7.15. The average molecular weight is 566 g/mol. The normalized spacial score (nSPS) is 11.1. The highest BCUT2D eigenvalue weighted by molar-refractivity contribution is 7.16. The quantitative estimate of drug-likeness (QED) is 0.187. The zero-order valence-electron chi connectivity index (χ0n) is 21.0. The van der Waals surface area contributed by atoms with Crippen molar-refractivity contribution in [3.05, 3.63) is 107 Å². The molecule has 0 N–H and O–H groups in total. The van der Waals surface area contributed by atoms with Crippen LogP contribution in [0.3, 0.4) is 0 Å². The monoisotopic (exact) mass is 565 g/mol. The lowest BCUT2D eigenvalue weighted by Gasteiger charge is -2.23. The molecule has 0 fully saturated rings. The smallest absolute Gasteiger partial charge is 0.236 e. The van der Waals surface area contributed by atoms with Crippen LogP contribution >= 0.6 is 34.4 Å². The molecule has 0 aliphatic carbocycles. The van der Waals surface area contributed by atoms with Crippen molar-refractivity contribution in [2.75, 3.05) is 4.90 Å². The van der Waals surface area contributed by atoms with Gasteiger partial charge in [0.15, 0.2) is 0 Å². The maximum Gasteiger partial charge on any atom is 0.236 e. The molecule has 192 valence electrons. The van der Waals surface area contributed by atoms with Gasteiger partial charge in [-0.3, -0.25) is 14.5 Å². The minimum absolute atomic E-state index is 0.00989. The van der Waals surface area contributed by atoms with E-state index in [9.17, 15) is 9.59 Å². The van der Waals surface area contributed by atoms with Gasteiger partial charge < -0.3 is 0 Å². The van der Waals surface area contributed by atoms with Crippen LogP contribution in [0.15, 0.2) is 97.1 Å². The third-order valence-corrected chi connectivity index (χ3v) is 9.06. The molecule has 0 saturated heterocycles. The highest BCUT2D eigenvalue weighted by atomic mass is 32.1. The largest absolute Gasteiger partial charge is 0.300 e. The van der Waals surface area contributed by atoms with Gasteiger partial charge in [-0.1, -0.05) is 48.5 Å². The van der Waals surface area contributed by atoms with Gasteiger partial charge in [-0.05, 0) is 55.5 Å². The van der Waals surface area contributed by atoms with Gasteiger partial charge in [0, 0.05) is 48.4 Å². The summed E-state index contributed by atoms with van der Waals surface area (Å²) in [5.41, 5.74) is 5.44. The fraction of sp³-hybridized carbons (Fsp3) is 0.0968. The summed E-state index contributed by atoms with van der Waals surface area (Å²) in [5.74, 6) is 0.164. The first-order chi connectivity index (χ1) is 19.1. The van der Waals surface area contributed by atoms with Crippen LogP contribution in [0.5, 0.6) is 0 Å².